The van der Waals surface area contributed by atoms with Crippen LogP contribution in [0, 0.1) is 0 Å². The summed E-state index contributed by atoms with van der Waals surface area (Å²) in [6.45, 7) is 4.29. The van der Waals surface area contributed by atoms with E-state index >= 15 is 0 Å². The average Bonchev–Trinajstić information content (AvgIpc) is 2.63. The SMILES string of the molecule is COC(=O)COCCOCCOCCOCCOCCOCCC(=O)O. The van der Waals surface area contributed by atoms with Gasteiger partial charge in [-0.15, -0.1) is 0 Å². The zero-order valence-corrected chi connectivity index (χ0v) is 15.3. The molecule has 0 saturated carbocycles. The molecule has 10 heteroatoms. The van der Waals surface area contributed by atoms with Gasteiger partial charge in [0.1, 0.15) is 6.61 Å². The Labute approximate surface area is 153 Å². The van der Waals surface area contributed by atoms with E-state index in [1.807, 2.05) is 0 Å². The van der Waals surface area contributed by atoms with E-state index in [9.17, 15) is 9.59 Å². The molecule has 0 aromatic heterocycles. The third-order valence-electron chi connectivity index (χ3n) is 2.77. The molecule has 1 N–H and O–H groups in total. The molecule has 0 rings (SSSR count). The summed E-state index contributed by atoms with van der Waals surface area (Å²) in [6, 6.07) is 0. The van der Waals surface area contributed by atoms with Crippen LogP contribution in [0.15, 0.2) is 0 Å². The number of carbonyl (C=O) groups is 2. The van der Waals surface area contributed by atoms with Gasteiger partial charge in [0.25, 0.3) is 0 Å². The first-order valence-electron chi connectivity index (χ1n) is 8.42. The largest absolute Gasteiger partial charge is 0.481 e. The summed E-state index contributed by atoms with van der Waals surface area (Å²) >= 11 is 0. The molecule has 0 atom stereocenters. The summed E-state index contributed by atoms with van der Waals surface area (Å²) in [5.74, 6) is -1.29. The molecular weight excluding hydrogens is 352 g/mol. The molecule has 0 aliphatic heterocycles. The Hall–Kier alpha value is -1.30. The van der Waals surface area contributed by atoms with Gasteiger partial charge in [0.15, 0.2) is 0 Å². The molecule has 10 nitrogen and oxygen atoms in total. The lowest BCUT2D eigenvalue weighted by Gasteiger charge is -2.08. The highest BCUT2D eigenvalue weighted by Gasteiger charge is 1.99. The molecule has 26 heavy (non-hydrogen) atoms. The number of ether oxygens (including phenoxy) is 7. The molecular formula is C16H30O10. The van der Waals surface area contributed by atoms with Gasteiger partial charge in [-0.2, -0.15) is 0 Å². The van der Waals surface area contributed by atoms with Crippen LogP contribution in [0.5, 0.6) is 0 Å². The minimum absolute atomic E-state index is 0.00265. The maximum atomic E-state index is 10.8. The maximum Gasteiger partial charge on any atom is 0.331 e. The fourth-order valence-corrected chi connectivity index (χ4v) is 1.47. The number of rotatable bonds is 20. The van der Waals surface area contributed by atoms with Crippen LogP contribution in [-0.2, 0) is 42.7 Å². The second-order valence-electron chi connectivity index (χ2n) is 4.83. The van der Waals surface area contributed by atoms with Crippen molar-refractivity contribution in [1.82, 2.24) is 0 Å². The topological polar surface area (TPSA) is 119 Å². The van der Waals surface area contributed by atoms with E-state index in [1.54, 1.807) is 0 Å². The number of aliphatic carboxylic acids is 1. The number of hydrogen-bond acceptors (Lipinski definition) is 9. The zero-order valence-electron chi connectivity index (χ0n) is 15.3. The Morgan fingerprint density at radius 2 is 0.962 bits per heavy atom. The summed E-state index contributed by atoms with van der Waals surface area (Å²) in [5, 5.41) is 8.41. The van der Waals surface area contributed by atoms with Gasteiger partial charge in [-0.25, -0.2) is 4.79 Å². The molecule has 0 radical (unpaired) electrons. The fourth-order valence-electron chi connectivity index (χ4n) is 1.47. The van der Waals surface area contributed by atoms with E-state index in [2.05, 4.69) is 4.74 Å². The first-order chi connectivity index (χ1) is 12.7. The van der Waals surface area contributed by atoms with Crippen molar-refractivity contribution in [3.05, 3.63) is 0 Å². The molecule has 0 amide bonds. The monoisotopic (exact) mass is 382 g/mol. The normalized spacial score (nSPS) is 10.8. The maximum absolute atomic E-state index is 10.8. The molecule has 0 saturated heterocycles. The molecule has 0 spiro atoms. The van der Waals surface area contributed by atoms with Crippen molar-refractivity contribution in [3.63, 3.8) is 0 Å². The quantitative estimate of drug-likeness (QED) is 0.223. The van der Waals surface area contributed by atoms with Gasteiger partial charge >= 0.3 is 11.9 Å². The third-order valence-corrected chi connectivity index (χ3v) is 2.77. The van der Waals surface area contributed by atoms with Crippen molar-refractivity contribution in [2.24, 2.45) is 0 Å². The second kappa shape index (κ2) is 20.0. The van der Waals surface area contributed by atoms with Crippen molar-refractivity contribution in [1.29, 1.82) is 0 Å². The molecule has 0 aliphatic rings. The van der Waals surface area contributed by atoms with E-state index in [-0.39, 0.29) is 19.6 Å². The second-order valence-corrected chi connectivity index (χ2v) is 4.83. The summed E-state index contributed by atoms with van der Waals surface area (Å²) < 4.78 is 35.6. The first-order valence-corrected chi connectivity index (χ1v) is 8.42. The lowest BCUT2D eigenvalue weighted by Crippen LogP contribution is -2.15. The van der Waals surface area contributed by atoms with Crippen LogP contribution in [-0.4, -0.2) is 103 Å². The number of carboxylic acid groups (broad SMARTS) is 1. The van der Waals surface area contributed by atoms with E-state index in [4.69, 9.17) is 33.5 Å². The summed E-state index contributed by atoms with van der Waals surface area (Å²) in [5.41, 5.74) is 0. The smallest absolute Gasteiger partial charge is 0.331 e. The van der Waals surface area contributed by atoms with Crippen LogP contribution in [0.4, 0.5) is 0 Å². The van der Waals surface area contributed by atoms with Gasteiger partial charge < -0.3 is 38.3 Å². The zero-order chi connectivity index (χ0) is 19.3. The minimum atomic E-state index is -0.877. The van der Waals surface area contributed by atoms with Crippen LogP contribution >= 0.6 is 0 Å². The Kier molecular flexibility index (Phi) is 19.0. The minimum Gasteiger partial charge on any atom is -0.481 e. The number of esters is 1. The highest BCUT2D eigenvalue weighted by molar-refractivity contribution is 5.70. The molecule has 0 fully saturated rings. The van der Waals surface area contributed by atoms with Gasteiger partial charge in [0.05, 0.1) is 86.2 Å². The summed E-state index contributed by atoms with van der Waals surface area (Å²) in [6.07, 6.45) is -0.00265. The third kappa shape index (κ3) is 20.7. The fraction of sp³-hybridized carbons (Fsp3) is 0.875. The Morgan fingerprint density at radius 3 is 1.31 bits per heavy atom. The molecule has 0 aromatic rings. The lowest BCUT2D eigenvalue weighted by atomic mass is 10.5. The molecule has 154 valence electrons. The van der Waals surface area contributed by atoms with Gasteiger partial charge in [0, 0.05) is 0 Å². The first kappa shape index (κ1) is 24.7. The van der Waals surface area contributed by atoms with Gasteiger partial charge in [0.2, 0.25) is 0 Å². The molecule has 0 bridgehead atoms. The van der Waals surface area contributed by atoms with Crippen molar-refractivity contribution in [3.8, 4) is 0 Å². The number of carbonyl (C=O) groups excluding carboxylic acids is 1. The number of carboxylic acids is 1. The summed E-state index contributed by atoms with van der Waals surface area (Å²) in [4.78, 5) is 21.0. The molecule has 0 aliphatic carbocycles. The molecule has 0 unspecified atom stereocenters. The standard InChI is InChI=1S/C16H30O10/c1-20-16(19)14-26-13-12-25-11-10-24-9-8-23-7-6-22-5-4-21-3-2-15(17)18/h2-14H2,1H3,(H,17,18). The van der Waals surface area contributed by atoms with Crippen LogP contribution < -0.4 is 0 Å². The van der Waals surface area contributed by atoms with Crippen LogP contribution in [0.3, 0.4) is 0 Å². The van der Waals surface area contributed by atoms with Gasteiger partial charge in [-0.1, -0.05) is 0 Å². The van der Waals surface area contributed by atoms with Crippen molar-refractivity contribution in [2.45, 2.75) is 6.42 Å². The lowest BCUT2D eigenvalue weighted by molar-refractivity contribution is -0.146. The summed E-state index contributed by atoms with van der Waals surface area (Å²) in [7, 11) is 1.30. The Bertz CT molecular complexity index is 337. The number of hydrogen-bond donors (Lipinski definition) is 1. The van der Waals surface area contributed by atoms with Crippen molar-refractivity contribution in [2.75, 3.05) is 86.4 Å². The van der Waals surface area contributed by atoms with Crippen molar-refractivity contribution < 1.29 is 47.9 Å². The van der Waals surface area contributed by atoms with Crippen molar-refractivity contribution >= 4 is 11.9 Å². The number of methoxy groups -OCH3 is 1. The predicted octanol–water partition coefficient (Wildman–Crippen LogP) is -0.266. The van der Waals surface area contributed by atoms with Gasteiger partial charge in [-0.3, -0.25) is 4.79 Å². The van der Waals surface area contributed by atoms with E-state index < -0.39 is 11.9 Å². The Balaban J connectivity index is 3.03. The Morgan fingerprint density at radius 1 is 0.615 bits per heavy atom. The average molecular weight is 382 g/mol. The highest BCUT2D eigenvalue weighted by atomic mass is 16.6. The molecule has 0 heterocycles. The van der Waals surface area contributed by atoms with Crippen LogP contribution in [0.1, 0.15) is 6.42 Å². The predicted molar refractivity (Wildman–Crippen MR) is 89.2 cm³/mol. The van der Waals surface area contributed by atoms with E-state index in [0.29, 0.717) is 66.1 Å². The van der Waals surface area contributed by atoms with Gasteiger partial charge in [-0.05, 0) is 0 Å². The van der Waals surface area contributed by atoms with E-state index in [0.717, 1.165) is 0 Å². The highest BCUT2D eigenvalue weighted by Crippen LogP contribution is 1.86. The molecule has 0 aromatic carbocycles. The van der Waals surface area contributed by atoms with Crippen LogP contribution in [0.25, 0.3) is 0 Å². The van der Waals surface area contributed by atoms with Crippen LogP contribution in [0.2, 0.25) is 0 Å². The van der Waals surface area contributed by atoms with E-state index in [1.165, 1.54) is 7.11 Å².